The summed E-state index contributed by atoms with van der Waals surface area (Å²) in [5, 5.41) is 2.84. The smallest absolute Gasteiger partial charge is 0.249 e. The van der Waals surface area contributed by atoms with E-state index in [2.05, 4.69) is 24.2 Å². The summed E-state index contributed by atoms with van der Waals surface area (Å²) >= 11 is 0. The molecule has 0 bridgehead atoms. The second kappa shape index (κ2) is 8.73. The molecule has 2 amide bonds. The molecule has 0 fully saturated rings. The molecule has 0 radical (unpaired) electrons. The van der Waals surface area contributed by atoms with Crippen molar-refractivity contribution in [3.05, 3.63) is 35.6 Å². The van der Waals surface area contributed by atoms with Crippen LogP contribution in [0.3, 0.4) is 0 Å². The van der Waals surface area contributed by atoms with Gasteiger partial charge in [-0.15, -0.1) is 0 Å². The molecule has 0 spiro atoms. The van der Waals surface area contributed by atoms with Gasteiger partial charge >= 0.3 is 0 Å². The molecule has 24 heavy (non-hydrogen) atoms. The largest absolute Gasteiger partial charge is 0.380 e. The number of carbonyl (C=O) groups excluding carboxylic acids is 2. The van der Waals surface area contributed by atoms with E-state index >= 15 is 0 Å². The Bertz CT molecular complexity index is 608. The van der Waals surface area contributed by atoms with Gasteiger partial charge in [-0.3, -0.25) is 9.59 Å². The van der Waals surface area contributed by atoms with Crippen molar-refractivity contribution in [1.29, 1.82) is 0 Å². The molecule has 1 N–H and O–H groups in total. The summed E-state index contributed by atoms with van der Waals surface area (Å²) in [7, 11) is 1.61. The van der Waals surface area contributed by atoms with Crippen molar-refractivity contribution >= 4 is 17.5 Å². The molecule has 0 saturated heterocycles. The Morgan fingerprint density at radius 3 is 2.62 bits per heavy atom. The van der Waals surface area contributed by atoms with Crippen molar-refractivity contribution in [3.8, 4) is 0 Å². The Kier molecular flexibility index (Phi) is 6.67. The monoisotopic (exact) mass is 330 g/mol. The van der Waals surface area contributed by atoms with Crippen molar-refractivity contribution < 1.29 is 14.3 Å². The van der Waals surface area contributed by atoms with E-state index in [0.717, 1.165) is 37.0 Å². The van der Waals surface area contributed by atoms with Gasteiger partial charge in [-0.05, 0) is 30.6 Å². The second-order valence-electron chi connectivity index (χ2n) is 6.23. The van der Waals surface area contributed by atoms with E-state index < -0.39 is 0 Å². The number of nitrogens with one attached hydrogen (secondary N) is 1. The van der Waals surface area contributed by atoms with Crippen molar-refractivity contribution in [2.75, 3.05) is 13.7 Å². The molecule has 1 aliphatic carbocycles. The molecule has 5 nitrogen and oxygen atoms in total. The maximum absolute atomic E-state index is 12.4. The van der Waals surface area contributed by atoms with E-state index in [1.54, 1.807) is 19.3 Å². The van der Waals surface area contributed by atoms with Gasteiger partial charge < -0.3 is 10.1 Å². The number of nitrogens with zero attached hydrogens (tertiary/aromatic N) is 1. The van der Waals surface area contributed by atoms with E-state index in [4.69, 9.17) is 4.74 Å². The highest BCUT2D eigenvalue weighted by molar-refractivity contribution is 6.11. The summed E-state index contributed by atoms with van der Waals surface area (Å²) in [6, 6.07) is 0. The lowest BCUT2D eigenvalue weighted by molar-refractivity contribution is -0.122. The second-order valence-corrected chi connectivity index (χ2v) is 6.23. The Balaban J connectivity index is 2.18. The lowest BCUT2D eigenvalue weighted by Gasteiger charge is -2.27. The van der Waals surface area contributed by atoms with Gasteiger partial charge in [0.15, 0.2) is 0 Å². The summed E-state index contributed by atoms with van der Waals surface area (Å²) in [5.74, 6) is -0.260. The third-order valence-electron chi connectivity index (χ3n) is 4.26. The Morgan fingerprint density at radius 1 is 1.29 bits per heavy atom. The molecule has 1 heterocycles. The van der Waals surface area contributed by atoms with Crippen molar-refractivity contribution in [2.24, 2.45) is 16.8 Å². The predicted molar refractivity (Wildman–Crippen MR) is 94.6 cm³/mol. The van der Waals surface area contributed by atoms with Crippen LogP contribution in [-0.4, -0.2) is 31.2 Å². The third kappa shape index (κ3) is 4.51. The Hall–Kier alpha value is -2.01. The standard InChI is InChI=1S/C19H26N2O3/c1-4-6-13(7-5-2)19(23)20-15-8-9-16-14(12-24-3)10-18(22)21-17(16)11-15/h8-11,13,16H,4-7,12H2,1-3H3,(H,21,22). The number of methoxy groups -OCH3 is 1. The summed E-state index contributed by atoms with van der Waals surface area (Å²) in [6.07, 6.45) is 10.8. The SMILES string of the molecule is CCCC(CCC)C(=O)N=C1C=CC2C(COC)=CC(=O)NC2=C1. The summed E-state index contributed by atoms with van der Waals surface area (Å²) in [4.78, 5) is 28.5. The normalized spacial score (nSPS) is 21.4. The first-order valence-corrected chi connectivity index (χ1v) is 8.61. The third-order valence-corrected chi connectivity index (χ3v) is 4.26. The van der Waals surface area contributed by atoms with Gasteiger partial charge in [0.2, 0.25) is 11.8 Å². The van der Waals surface area contributed by atoms with Gasteiger partial charge in [-0.2, -0.15) is 0 Å². The van der Waals surface area contributed by atoms with Crippen LogP contribution in [0.5, 0.6) is 0 Å². The van der Waals surface area contributed by atoms with Crippen molar-refractivity contribution in [1.82, 2.24) is 5.32 Å². The number of hydrogen-bond donors (Lipinski definition) is 1. The lowest BCUT2D eigenvalue weighted by atomic mass is 9.88. The van der Waals surface area contributed by atoms with Crippen LogP contribution >= 0.6 is 0 Å². The van der Waals surface area contributed by atoms with Crippen LogP contribution in [-0.2, 0) is 14.3 Å². The molecular weight excluding hydrogens is 304 g/mol. The van der Waals surface area contributed by atoms with Crippen LogP contribution in [0.1, 0.15) is 39.5 Å². The van der Waals surface area contributed by atoms with Gasteiger partial charge in [0, 0.05) is 30.7 Å². The summed E-state index contributed by atoms with van der Waals surface area (Å²) in [5.41, 5.74) is 2.26. The zero-order valence-corrected chi connectivity index (χ0v) is 14.7. The number of rotatable bonds is 7. The highest BCUT2D eigenvalue weighted by Crippen LogP contribution is 2.27. The first-order chi connectivity index (χ1) is 11.6. The quantitative estimate of drug-likeness (QED) is 0.780. The maximum atomic E-state index is 12.4. The molecule has 1 aliphatic heterocycles. The zero-order valence-electron chi connectivity index (χ0n) is 14.7. The Labute approximate surface area is 143 Å². The van der Waals surface area contributed by atoms with Crippen molar-refractivity contribution in [2.45, 2.75) is 39.5 Å². The maximum Gasteiger partial charge on any atom is 0.249 e. The minimum absolute atomic E-state index is 0.0121. The van der Waals surface area contributed by atoms with Crippen LogP contribution in [0.4, 0.5) is 0 Å². The number of hydrogen-bond acceptors (Lipinski definition) is 3. The van der Waals surface area contributed by atoms with Crippen LogP contribution in [0.15, 0.2) is 40.6 Å². The molecule has 0 saturated carbocycles. The van der Waals surface area contributed by atoms with Crippen molar-refractivity contribution in [3.63, 3.8) is 0 Å². The van der Waals surface area contributed by atoms with Gasteiger partial charge in [-0.25, -0.2) is 4.99 Å². The average molecular weight is 330 g/mol. The molecule has 130 valence electrons. The minimum Gasteiger partial charge on any atom is -0.380 e. The predicted octanol–water partition coefficient (Wildman–Crippen LogP) is 2.94. The number of amides is 2. The summed E-state index contributed by atoms with van der Waals surface area (Å²) < 4.78 is 5.16. The van der Waals surface area contributed by atoms with Gasteiger partial charge in [0.05, 0.1) is 12.3 Å². The fraction of sp³-hybridized carbons (Fsp3) is 0.526. The molecule has 2 rings (SSSR count). The highest BCUT2D eigenvalue weighted by Gasteiger charge is 2.26. The van der Waals surface area contributed by atoms with Crippen LogP contribution in [0.2, 0.25) is 0 Å². The first-order valence-electron chi connectivity index (χ1n) is 8.61. The van der Waals surface area contributed by atoms with E-state index in [1.165, 1.54) is 0 Å². The fourth-order valence-electron chi connectivity index (χ4n) is 3.14. The van der Waals surface area contributed by atoms with E-state index in [-0.39, 0.29) is 23.7 Å². The molecule has 2 aliphatic rings. The van der Waals surface area contributed by atoms with Crippen LogP contribution in [0.25, 0.3) is 0 Å². The van der Waals surface area contributed by atoms with E-state index in [9.17, 15) is 9.59 Å². The summed E-state index contributed by atoms with van der Waals surface area (Å²) in [6.45, 7) is 4.56. The number of ether oxygens (including phenoxy) is 1. The zero-order chi connectivity index (χ0) is 17.5. The van der Waals surface area contributed by atoms with Crippen LogP contribution < -0.4 is 5.32 Å². The molecular formula is C19H26N2O3. The number of carbonyl (C=O) groups is 2. The molecule has 1 unspecified atom stereocenters. The molecule has 5 heteroatoms. The average Bonchev–Trinajstić information content (AvgIpc) is 2.54. The molecule has 1 atom stereocenters. The Morgan fingerprint density at radius 2 is 2.00 bits per heavy atom. The molecule has 0 aromatic carbocycles. The first kappa shape index (κ1) is 18.3. The van der Waals surface area contributed by atoms with Crippen LogP contribution in [0, 0.1) is 11.8 Å². The van der Waals surface area contributed by atoms with Gasteiger partial charge in [-0.1, -0.05) is 32.8 Å². The topological polar surface area (TPSA) is 67.8 Å². The molecule has 0 aromatic rings. The highest BCUT2D eigenvalue weighted by atomic mass is 16.5. The number of allylic oxidation sites excluding steroid dienone is 3. The molecule has 0 aromatic heterocycles. The van der Waals surface area contributed by atoms with Gasteiger partial charge in [0.1, 0.15) is 0 Å². The minimum atomic E-state index is -0.166. The number of fused-ring (bicyclic) bond motifs is 1. The fourth-order valence-corrected chi connectivity index (χ4v) is 3.14. The number of aliphatic imine (C=N–C) groups is 1. The van der Waals surface area contributed by atoms with E-state index in [1.807, 2.05) is 12.2 Å². The van der Waals surface area contributed by atoms with E-state index in [0.29, 0.717) is 12.3 Å². The van der Waals surface area contributed by atoms with Gasteiger partial charge in [0.25, 0.3) is 0 Å². The lowest BCUT2D eigenvalue weighted by Crippen LogP contribution is -2.34.